The smallest absolute Gasteiger partial charge is 0.505 e. The number of amides is 2. The van der Waals surface area contributed by atoms with Crippen LogP contribution in [-0.4, -0.2) is 65.9 Å². The van der Waals surface area contributed by atoms with E-state index in [0.717, 1.165) is 6.07 Å². The maximum Gasteiger partial charge on any atom is 0.573 e. The fourth-order valence-corrected chi connectivity index (χ4v) is 5.61. The number of halogens is 3. The van der Waals surface area contributed by atoms with E-state index in [-0.39, 0.29) is 39.0 Å². The number of carbonyl (C=O) groups excluding carboxylic acids is 2. The molecule has 2 amide bonds. The Bertz CT molecular complexity index is 1960. The van der Waals surface area contributed by atoms with Gasteiger partial charge in [-0.3, -0.25) is 4.79 Å². The van der Waals surface area contributed by atoms with Crippen LogP contribution in [0.15, 0.2) is 69.9 Å². The molecule has 49 heavy (non-hydrogen) atoms. The zero-order chi connectivity index (χ0) is 35.8. The summed E-state index contributed by atoms with van der Waals surface area (Å²) in [5, 5.41) is 24.3. The summed E-state index contributed by atoms with van der Waals surface area (Å²) >= 11 is 0. The molecule has 5 rings (SSSR count). The Hall–Kier alpha value is -5.32. The van der Waals surface area contributed by atoms with Gasteiger partial charge in [0.2, 0.25) is 6.29 Å². The van der Waals surface area contributed by atoms with E-state index in [0.29, 0.717) is 0 Å². The van der Waals surface area contributed by atoms with E-state index in [9.17, 15) is 37.8 Å². The quantitative estimate of drug-likeness (QED) is 0.183. The number of alkyl halides is 3. The molecule has 4 atom stereocenters. The number of primary amides is 1. The first kappa shape index (κ1) is 35.0. The fourth-order valence-electron chi connectivity index (χ4n) is 5.61. The first-order chi connectivity index (χ1) is 23.0. The molecule has 0 aliphatic carbocycles. The van der Waals surface area contributed by atoms with Crippen LogP contribution in [0, 0.1) is 6.92 Å². The number of aliphatic hydroxyl groups excluding tert-OH is 1. The normalized spacial score (nSPS) is 20.4. The molecule has 260 valence electrons. The molecule has 4 aromatic rings. The molecule has 0 radical (unpaired) electrons. The molecule has 16 heteroatoms. The van der Waals surface area contributed by atoms with Gasteiger partial charge in [0, 0.05) is 23.8 Å². The molecule has 13 nitrogen and oxygen atoms in total. The Morgan fingerprint density at radius 1 is 1.04 bits per heavy atom. The van der Waals surface area contributed by atoms with E-state index in [1.165, 1.54) is 68.6 Å². The molecule has 0 bridgehead atoms. The van der Waals surface area contributed by atoms with Gasteiger partial charge in [0.15, 0.2) is 23.6 Å². The molecular weight excluding hydrogens is 657 g/mol. The van der Waals surface area contributed by atoms with Crippen LogP contribution in [-0.2, 0) is 14.2 Å². The maximum absolute atomic E-state index is 13.2. The summed E-state index contributed by atoms with van der Waals surface area (Å²) in [5.74, 6) is -1.93. The van der Waals surface area contributed by atoms with Crippen molar-refractivity contribution in [2.24, 2.45) is 5.73 Å². The third-order valence-corrected chi connectivity index (χ3v) is 7.80. The van der Waals surface area contributed by atoms with Crippen molar-refractivity contribution < 1.29 is 61.1 Å². The van der Waals surface area contributed by atoms with Crippen molar-refractivity contribution in [3.63, 3.8) is 0 Å². The summed E-state index contributed by atoms with van der Waals surface area (Å²) in [6.45, 7) is 4.75. The molecule has 1 aliphatic heterocycles. The minimum atomic E-state index is -4.95. The van der Waals surface area contributed by atoms with Crippen LogP contribution in [0.25, 0.3) is 22.1 Å². The summed E-state index contributed by atoms with van der Waals surface area (Å²) in [6.07, 6.45) is -11.3. The highest BCUT2D eigenvalue weighted by Crippen LogP contribution is 2.39. The van der Waals surface area contributed by atoms with E-state index < -0.39 is 71.4 Å². The minimum Gasteiger partial charge on any atom is -0.505 e. The Balaban J connectivity index is 1.42. The summed E-state index contributed by atoms with van der Waals surface area (Å²) in [7, 11) is 1.34. The number of hydrogen-bond acceptors (Lipinski definition) is 11. The van der Waals surface area contributed by atoms with Crippen molar-refractivity contribution in [2.45, 2.75) is 57.3 Å². The van der Waals surface area contributed by atoms with Crippen LogP contribution >= 0.6 is 0 Å². The number of aryl methyl sites for hydroxylation is 1. The molecule has 2 heterocycles. The Kier molecular flexibility index (Phi) is 9.50. The van der Waals surface area contributed by atoms with Crippen LogP contribution in [0.5, 0.6) is 17.2 Å². The van der Waals surface area contributed by atoms with Crippen LogP contribution in [0.3, 0.4) is 0 Å². The van der Waals surface area contributed by atoms with Gasteiger partial charge >= 0.3 is 18.1 Å². The number of nitrogens with two attached hydrogens (primary N) is 1. The molecule has 1 saturated heterocycles. The predicted molar refractivity (Wildman–Crippen MR) is 166 cm³/mol. The second kappa shape index (κ2) is 13.3. The minimum absolute atomic E-state index is 0.00607. The summed E-state index contributed by atoms with van der Waals surface area (Å²) < 4.78 is 70.8. The number of carbonyl (C=O) groups is 2. The molecule has 1 aliphatic rings. The molecule has 1 aromatic heterocycles. The van der Waals surface area contributed by atoms with Gasteiger partial charge in [-0.05, 0) is 56.7 Å². The lowest BCUT2D eigenvalue weighted by molar-refractivity contribution is -0.304. The van der Waals surface area contributed by atoms with E-state index in [1.807, 2.05) is 0 Å². The second-order valence-corrected chi connectivity index (χ2v) is 11.5. The van der Waals surface area contributed by atoms with Gasteiger partial charge in [0.25, 0.3) is 5.91 Å². The number of anilines is 1. The first-order valence-electron chi connectivity index (χ1n) is 14.6. The molecular formula is C33H31F3N2O11. The number of fused-ring (bicyclic) bond motifs is 1. The average Bonchev–Trinajstić information content (AvgIpc) is 3.02. The van der Waals surface area contributed by atoms with E-state index in [4.69, 9.17) is 29.1 Å². The van der Waals surface area contributed by atoms with Crippen molar-refractivity contribution in [3.8, 4) is 28.4 Å². The van der Waals surface area contributed by atoms with Crippen LogP contribution < -0.4 is 26.1 Å². The zero-order valence-electron chi connectivity index (χ0n) is 26.4. The zero-order valence-corrected chi connectivity index (χ0v) is 26.4. The standard InChI is InChI=1S/C33H31F3N2O11/c1-15-20(45-30-24(40)26(47-31(37)43)27(44-4)32(2,3)49-30)13-12-19-23(39)22(29(42)46-25(15)19)38-28(41)17-9-7-8-16(14-17)18-10-5-6-11-21(18)48-33(34,35)36/h5-14,24,26-27,30,39-40H,1-4H3,(H2,37,43)(H,38,41)/t24-,26+,27-,30-/m1/s1. The SMILES string of the molecule is CO[C@@H]1[C@@H](OC(N)=O)[C@@H](O)[C@H](Oc2ccc3c(O)c(NC(=O)c4cccc(-c5ccccc5OC(F)(F)F)c4)c(=O)oc3c2C)OC1(C)C. The number of nitrogens with one attached hydrogen (secondary N) is 1. The van der Waals surface area contributed by atoms with Gasteiger partial charge in [-0.15, -0.1) is 13.2 Å². The lowest BCUT2D eigenvalue weighted by atomic mass is 9.89. The fraction of sp³-hybridized carbons (Fsp3) is 0.303. The lowest BCUT2D eigenvalue weighted by Crippen LogP contribution is -2.65. The number of methoxy groups -OCH3 is 1. The van der Waals surface area contributed by atoms with Crippen molar-refractivity contribution in [3.05, 3.63) is 82.2 Å². The highest BCUT2D eigenvalue weighted by atomic mass is 19.4. The molecule has 5 N–H and O–H groups in total. The Morgan fingerprint density at radius 3 is 2.43 bits per heavy atom. The molecule has 3 aromatic carbocycles. The highest BCUT2D eigenvalue weighted by molar-refractivity contribution is 6.07. The highest BCUT2D eigenvalue weighted by Gasteiger charge is 2.53. The van der Waals surface area contributed by atoms with E-state index >= 15 is 0 Å². The maximum atomic E-state index is 13.2. The summed E-state index contributed by atoms with van der Waals surface area (Å²) in [5.41, 5.74) is 2.62. The van der Waals surface area contributed by atoms with Gasteiger partial charge in [0.1, 0.15) is 23.2 Å². The number of benzene rings is 3. The van der Waals surface area contributed by atoms with E-state index in [2.05, 4.69) is 10.1 Å². The van der Waals surface area contributed by atoms with Gasteiger partial charge in [0.05, 0.1) is 11.0 Å². The number of rotatable bonds is 8. The summed E-state index contributed by atoms with van der Waals surface area (Å²) in [4.78, 5) is 37.8. The van der Waals surface area contributed by atoms with E-state index in [1.54, 1.807) is 13.8 Å². The van der Waals surface area contributed by atoms with Crippen LogP contribution in [0.2, 0.25) is 0 Å². The van der Waals surface area contributed by atoms with Crippen molar-refractivity contribution in [1.29, 1.82) is 0 Å². The molecule has 1 fully saturated rings. The monoisotopic (exact) mass is 688 g/mol. The van der Waals surface area contributed by atoms with Crippen LogP contribution in [0.1, 0.15) is 29.8 Å². The second-order valence-electron chi connectivity index (χ2n) is 11.5. The third-order valence-electron chi connectivity index (χ3n) is 7.80. The third kappa shape index (κ3) is 7.25. The van der Waals surface area contributed by atoms with Crippen molar-refractivity contribution >= 4 is 28.7 Å². The van der Waals surface area contributed by atoms with Crippen LogP contribution in [0.4, 0.5) is 23.7 Å². The Labute approximate surface area is 275 Å². The van der Waals surface area contributed by atoms with Gasteiger partial charge in [-0.25, -0.2) is 9.59 Å². The summed E-state index contributed by atoms with van der Waals surface area (Å²) in [6, 6.07) is 13.6. The number of ether oxygens (including phenoxy) is 5. The predicted octanol–water partition coefficient (Wildman–Crippen LogP) is 4.98. The number of hydrogen-bond donors (Lipinski definition) is 4. The topological polar surface area (TPSA) is 189 Å². The molecule has 0 saturated carbocycles. The first-order valence-corrected chi connectivity index (χ1v) is 14.6. The number of para-hydroxylation sites is 1. The molecule has 0 spiro atoms. The number of aliphatic hydroxyl groups is 1. The molecule has 0 unspecified atom stereocenters. The van der Waals surface area contributed by atoms with Gasteiger partial charge in [-0.1, -0.05) is 30.3 Å². The average molecular weight is 689 g/mol. The Morgan fingerprint density at radius 2 is 1.76 bits per heavy atom. The van der Waals surface area contributed by atoms with Gasteiger partial charge < -0.3 is 49.4 Å². The number of aromatic hydroxyl groups is 1. The van der Waals surface area contributed by atoms with Crippen molar-refractivity contribution in [2.75, 3.05) is 12.4 Å². The van der Waals surface area contributed by atoms with Crippen molar-refractivity contribution in [1.82, 2.24) is 0 Å². The van der Waals surface area contributed by atoms with Gasteiger partial charge in [-0.2, -0.15) is 0 Å². The largest absolute Gasteiger partial charge is 0.573 e. The lowest BCUT2D eigenvalue weighted by Gasteiger charge is -2.47.